The topological polar surface area (TPSA) is 932 Å². The highest BCUT2D eigenvalue weighted by Crippen LogP contribution is 1.99. The summed E-state index contributed by atoms with van der Waals surface area (Å²) in [5.74, 6) is 0. The van der Waals surface area contributed by atoms with Crippen molar-refractivity contribution in [3.63, 3.8) is 0 Å². The van der Waals surface area contributed by atoms with Gasteiger partial charge in [-0.05, 0) is 152 Å². The minimum Gasteiger partial charge on any atom is -0.379 e. The van der Waals surface area contributed by atoms with Gasteiger partial charge < -0.3 is 265 Å². The molecular formula is C94H244N28O22. The molecule has 50 heteroatoms. The van der Waals surface area contributed by atoms with Gasteiger partial charge in [0.05, 0.1) is 289 Å². The van der Waals surface area contributed by atoms with Crippen LogP contribution in [0.1, 0.15) is 152 Å². The molecule has 22 atom stereocenters. The average Bonchev–Trinajstić information content (AvgIpc) is 1.04. The van der Waals surface area contributed by atoms with Crippen LogP contribution in [-0.4, -0.2) is 463 Å². The molecule has 0 heterocycles. The maximum Gasteiger partial charge on any atom is 0.0781 e. The van der Waals surface area contributed by atoms with E-state index < -0.39 is 0 Å². The van der Waals surface area contributed by atoms with Crippen LogP contribution < -0.4 is 161 Å². The van der Waals surface area contributed by atoms with Gasteiger partial charge in [-0.25, -0.2) is 0 Å². The second kappa shape index (κ2) is 149. The minimum absolute atomic E-state index is 0.0673. The molecule has 144 heavy (non-hydrogen) atoms. The summed E-state index contributed by atoms with van der Waals surface area (Å²) in [6.07, 6.45) is 0.269. The van der Waals surface area contributed by atoms with Crippen LogP contribution in [0.4, 0.5) is 0 Å². The van der Waals surface area contributed by atoms with E-state index in [1.807, 2.05) is 152 Å². The predicted molar refractivity (Wildman–Crippen MR) is 593 cm³/mol. The smallest absolute Gasteiger partial charge is 0.0781 e. The van der Waals surface area contributed by atoms with Gasteiger partial charge in [-0.1, -0.05) is 0 Å². The van der Waals surface area contributed by atoms with Crippen molar-refractivity contribution < 1.29 is 104 Å². The molecular weight excluding hydrogens is 1870 g/mol. The lowest BCUT2D eigenvalue weighted by atomic mass is 10.4. The molecule has 50 nitrogen and oxygen atoms in total. The lowest BCUT2D eigenvalue weighted by Crippen LogP contribution is -2.27. The van der Waals surface area contributed by atoms with Gasteiger partial charge in [0.25, 0.3) is 0 Å². The molecule has 0 aliphatic rings. The maximum absolute atomic E-state index is 5.55. The average molecular weight is 2120 g/mol. The van der Waals surface area contributed by atoms with Crippen molar-refractivity contribution in [1.29, 1.82) is 0 Å². The Hall–Kier alpha value is -2.00. The Bertz CT molecular complexity index is 1750. The van der Waals surface area contributed by atoms with Gasteiger partial charge in [-0.2, -0.15) is 0 Å². The van der Waals surface area contributed by atoms with Crippen molar-refractivity contribution in [1.82, 2.24) is 0 Å². The summed E-state index contributed by atoms with van der Waals surface area (Å²) < 4.78 is 114. The SMILES string of the molecule is CC(N)COCC(C)N.CC(N)COCC(C)N.CC(N)COCC(C)N.CC(N)COCC(C)N.CC(N)COCC(C)N.CC(N)COCCOC(C)COCC(C)N.CC(N)COCCOC(C)COCC(C)N.CC(N)COCCOC(C)COCC(C)N.CC(N)COCCOC(C)COCC(C)N.NCCOCCN.NCCOCCN.NCCOCCN.NCCOCCN.NCCOCCN. The van der Waals surface area contributed by atoms with E-state index in [1.165, 1.54) is 0 Å². The fraction of sp³-hybridized carbons (Fsp3) is 1.00. The molecule has 22 unspecified atom stereocenters. The fourth-order valence-electron chi connectivity index (χ4n) is 7.72. The van der Waals surface area contributed by atoms with Gasteiger partial charge in [0.1, 0.15) is 0 Å². The first-order valence-corrected chi connectivity index (χ1v) is 51.3. The van der Waals surface area contributed by atoms with Gasteiger partial charge >= 0.3 is 0 Å². The van der Waals surface area contributed by atoms with Gasteiger partial charge in [-0.15, -0.1) is 0 Å². The third-order valence-corrected chi connectivity index (χ3v) is 13.4. The zero-order valence-corrected chi connectivity index (χ0v) is 95.2. The molecule has 0 aromatic heterocycles. The van der Waals surface area contributed by atoms with E-state index in [0.29, 0.717) is 330 Å². The molecule has 0 rings (SSSR count). The van der Waals surface area contributed by atoms with Crippen molar-refractivity contribution in [2.45, 2.75) is 285 Å². The number of rotatable bonds is 80. The number of hydrogen-bond acceptors (Lipinski definition) is 50. The summed E-state index contributed by atoms with van der Waals surface area (Å²) in [6, 6.07) is 1.73. The van der Waals surface area contributed by atoms with E-state index in [0.717, 1.165) is 0 Å². The number of ether oxygens (including phenoxy) is 22. The summed E-state index contributed by atoms with van der Waals surface area (Å²) in [5.41, 5.74) is 149. The van der Waals surface area contributed by atoms with Crippen molar-refractivity contribution >= 4 is 0 Å². The van der Waals surface area contributed by atoms with E-state index in [1.54, 1.807) is 0 Å². The standard InChI is InChI=1S/4C11H26N2O3.5C6H16N2O.5C4H12N2O/c4*1-9(12)6-14-4-5-16-11(3)8-15-7-10(2)13;5*1-5(7)3-9-4-6(2)8;5*5-1-3-7-4-2-6/h4*9-11H,4-8,12-13H2,1-3H3;5*5-6H,3-4,7-8H2,1-2H3;5*1-6H2. The maximum atomic E-state index is 5.55. The second-order valence-corrected chi connectivity index (χ2v) is 35.4. The monoisotopic (exact) mass is 2120 g/mol. The van der Waals surface area contributed by atoms with Gasteiger partial charge in [0.2, 0.25) is 0 Å². The van der Waals surface area contributed by atoms with E-state index in [-0.39, 0.29) is 133 Å². The van der Waals surface area contributed by atoms with Crippen LogP contribution in [0.2, 0.25) is 0 Å². The Morgan fingerprint density at radius 2 is 0.188 bits per heavy atom. The van der Waals surface area contributed by atoms with Gasteiger partial charge in [0.15, 0.2) is 0 Å². The molecule has 0 spiro atoms. The molecule has 0 fully saturated rings. The highest BCUT2D eigenvalue weighted by molar-refractivity contribution is 4.62. The molecule has 0 saturated carbocycles. The summed E-state index contributed by atoms with van der Waals surface area (Å²) in [6.45, 7) is 71.5. The summed E-state index contributed by atoms with van der Waals surface area (Å²) in [5, 5.41) is 0. The fourth-order valence-corrected chi connectivity index (χ4v) is 7.72. The Balaban J connectivity index is -0.000000107. The molecule has 0 aliphatic carbocycles. The number of nitrogens with two attached hydrogens (primary N) is 28. The Morgan fingerprint density at radius 1 is 0.104 bits per heavy atom. The summed E-state index contributed by atoms with van der Waals surface area (Å²) >= 11 is 0. The first-order chi connectivity index (χ1) is 67.8. The Kier molecular flexibility index (Phi) is 179. The van der Waals surface area contributed by atoms with Crippen LogP contribution in [-0.2, 0) is 104 Å². The molecule has 0 aromatic carbocycles. The molecule has 0 aliphatic heterocycles. The van der Waals surface area contributed by atoms with Crippen LogP contribution in [0.3, 0.4) is 0 Å². The zero-order valence-electron chi connectivity index (χ0n) is 95.2. The second-order valence-electron chi connectivity index (χ2n) is 35.4. The minimum atomic E-state index is 0.0673. The normalized spacial score (nSPS) is 15.3. The number of hydrogen-bond donors (Lipinski definition) is 28. The quantitative estimate of drug-likeness (QED) is 0.0252. The molecule has 56 N–H and O–H groups in total. The van der Waals surface area contributed by atoms with Crippen molar-refractivity contribution in [2.24, 2.45) is 161 Å². The van der Waals surface area contributed by atoms with Gasteiger partial charge in [0, 0.05) is 174 Å². The summed E-state index contributed by atoms with van der Waals surface area (Å²) in [4.78, 5) is 0. The lowest BCUT2D eigenvalue weighted by Gasteiger charge is -2.14. The highest BCUT2D eigenvalue weighted by atomic mass is 16.6. The van der Waals surface area contributed by atoms with Crippen molar-refractivity contribution in [3.05, 3.63) is 0 Å². The van der Waals surface area contributed by atoms with E-state index in [2.05, 4.69) is 0 Å². The van der Waals surface area contributed by atoms with Gasteiger partial charge in [-0.3, -0.25) is 0 Å². The lowest BCUT2D eigenvalue weighted by molar-refractivity contribution is -0.0319. The van der Waals surface area contributed by atoms with E-state index in [4.69, 9.17) is 265 Å². The molecule has 0 bridgehead atoms. The first kappa shape index (κ1) is 172. The predicted octanol–water partition coefficient (Wildman–Crippen LogP) is -6.43. The van der Waals surface area contributed by atoms with Crippen LogP contribution in [0.5, 0.6) is 0 Å². The molecule has 0 radical (unpaired) electrons. The first-order valence-electron chi connectivity index (χ1n) is 51.3. The highest BCUT2D eigenvalue weighted by Gasteiger charge is 2.10. The van der Waals surface area contributed by atoms with Crippen LogP contribution in [0.25, 0.3) is 0 Å². The Morgan fingerprint density at radius 3 is 0.271 bits per heavy atom. The third kappa shape index (κ3) is 250. The van der Waals surface area contributed by atoms with Crippen molar-refractivity contribution in [3.8, 4) is 0 Å². The largest absolute Gasteiger partial charge is 0.379 e. The van der Waals surface area contributed by atoms with Crippen molar-refractivity contribution in [2.75, 3.05) is 330 Å². The molecule has 0 saturated heterocycles. The molecule has 0 amide bonds. The van der Waals surface area contributed by atoms with E-state index in [9.17, 15) is 0 Å². The van der Waals surface area contributed by atoms with Crippen LogP contribution in [0, 0.1) is 0 Å². The zero-order chi connectivity index (χ0) is 114. The Labute approximate surface area is 876 Å². The van der Waals surface area contributed by atoms with Crippen LogP contribution >= 0.6 is 0 Å². The third-order valence-electron chi connectivity index (χ3n) is 13.4. The molecule has 0 aromatic rings. The van der Waals surface area contributed by atoms with E-state index >= 15 is 0 Å². The van der Waals surface area contributed by atoms with Crippen LogP contribution in [0.15, 0.2) is 0 Å². The molecule has 892 valence electrons. The summed E-state index contributed by atoms with van der Waals surface area (Å²) in [7, 11) is 0.